The molecule has 2 atom stereocenters. The Labute approximate surface area is 108 Å². The van der Waals surface area contributed by atoms with Crippen LogP contribution in [0.1, 0.15) is 44.1 Å². The molecule has 0 aromatic heterocycles. The van der Waals surface area contributed by atoms with Gasteiger partial charge in [-0.25, -0.2) is 9.78 Å². The molecule has 1 aromatic carbocycles. The molecule has 0 N–H and O–H groups in total. The van der Waals surface area contributed by atoms with Crippen molar-refractivity contribution < 1.29 is 14.5 Å². The maximum Gasteiger partial charge on any atom is 0.201 e. The zero-order chi connectivity index (χ0) is 12.4. The number of benzene rings is 1. The first-order valence-corrected chi connectivity index (χ1v) is 6.82. The molecule has 0 radical (unpaired) electrons. The Kier molecular flexibility index (Phi) is 3.37. The third-order valence-electron chi connectivity index (χ3n) is 4.08. The van der Waals surface area contributed by atoms with E-state index in [1.54, 1.807) is 0 Å². The second-order valence-corrected chi connectivity index (χ2v) is 5.35. The molecule has 98 valence electrons. The molecule has 2 aliphatic rings. The Balaban J connectivity index is 1.62. The van der Waals surface area contributed by atoms with Gasteiger partial charge < -0.3 is 4.74 Å². The van der Waals surface area contributed by atoms with E-state index in [1.807, 2.05) is 6.07 Å². The Bertz CT molecular complexity index is 374. The minimum Gasteiger partial charge on any atom is -0.344 e. The molecule has 3 nitrogen and oxygen atoms in total. The first-order chi connectivity index (χ1) is 8.79. The van der Waals surface area contributed by atoms with E-state index in [4.69, 9.17) is 14.5 Å². The fourth-order valence-corrected chi connectivity index (χ4v) is 2.78. The summed E-state index contributed by atoms with van der Waals surface area (Å²) in [7, 11) is 0. The van der Waals surface area contributed by atoms with Crippen LogP contribution in [0.15, 0.2) is 30.3 Å². The third kappa shape index (κ3) is 2.30. The van der Waals surface area contributed by atoms with Crippen LogP contribution in [0.3, 0.4) is 0 Å². The molecule has 1 saturated heterocycles. The molecule has 0 bridgehead atoms. The van der Waals surface area contributed by atoms with E-state index in [0.29, 0.717) is 6.61 Å². The molecule has 1 saturated carbocycles. The molecule has 18 heavy (non-hydrogen) atoms. The van der Waals surface area contributed by atoms with Crippen LogP contribution in [0.4, 0.5) is 0 Å². The standard InChI is InChI=1S/C15H20O3/c1-12(13-7-3-2-4-8-13)14-11-16-15(18-17-14)9-5-6-10-15/h2-4,7-8,12,14H,5-6,9-11H2,1H3. The zero-order valence-corrected chi connectivity index (χ0v) is 10.8. The Morgan fingerprint density at radius 2 is 1.89 bits per heavy atom. The predicted octanol–water partition coefficient (Wildman–Crippen LogP) is 3.41. The monoisotopic (exact) mass is 248 g/mol. The van der Waals surface area contributed by atoms with Crippen molar-refractivity contribution in [1.29, 1.82) is 0 Å². The number of hydrogen-bond acceptors (Lipinski definition) is 3. The second kappa shape index (κ2) is 5.00. The van der Waals surface area contributed by atoms with Crippen molar-refractivity contribution in [2.75, 3.05) is 6.61 Å². The van der Waals surface area contributed by atoms with Gasteiger partial charge in [0.2, 0.25) is 5.79 Å². The SMILES string of the molecule is CC(c1ccccc1)C1COC2(CCCC2)OO1. The quantitative estimate of drug-likeness (QED) is 0.751. The lowest BCUT2D eigenvalue weighted by molar-refractivity contribution is -0.486. The predicted molar refractivity (Wildman–Crippen MR) is 68.0 cm³/mol. The van der Waals surface area contributed by atoms with Gasteiger partial charge in [-0.15, -0.1) is 0 Å². The summed E-state index contributed by atoms with van der Waals surface area (Å²) in [5.74, 6) is -0.155. The molecule has 3 rings (SSSR count). The highest BCUT2D eigenvalue weighted by Crippen LogP contribution is 2.39. The van der Waals surface area contributed by atoms with Crippen molar-refractivity contribution in [1.82, 2.24) is 0 Å². The van der Waals surface area contributed by atoms with Crippen molar-refractivity contribution in [3.8, 4) is 0 Å². The third-order valence-corrected chi connectivity index (χ3v) is 4.08. The van der Waals surface area contributed by atoms with E-state index in [0.717, 1.165) is 12.8 Å². The van der Waals surface area contributed by atoms with E-state index in [1.165, 1.54) is 18.4 Å². The average Bonchev–Trinajstić information content (AvgIpc) is 2.88. The van der Waals surface area contributed by atoms with Crippen molar-refractivity contribution in [2.45, 2.75) is 50.4 Å². The van der Waals surface area contributed by atoms with Gasteiger partial charge in [-0.05, 0) is 18.4 Å². The van der Waals surface area contributed by atoms with Gasteiger partial charge in [0.1, 0.15) is 6.10 Å². The lowest BCUT2D eigenvalue weighted by atomic mass is 9.95. The average molecular weight is 248 g/mol. The summed E-state index contributed by atoms with van der Waals surface area (Å²) in [5.41, 5.74) is 1.26. The van der Waals surface area contributed by atoms with Crippen molar-refractivity contribution in [3.05, 3.63) is 35.9 Å². The molecule has 1 aliphatic carbocycles. The summed E-state index contributed by atoms with van der Waals surface area (Å²) in [5, 5.41) is 0. The summed E-state index contributed by atoms with van der Waals surface area (Å²) in [6.45, 7) is 2.77. The summed E-state index contributed by atoms with van der Waals surface area (Å²) in [6.07, 6.45) is 4.24. The summed E-state index contributed by atoms with van der Waals surface area (Å²) in [6, 6.07) is 10.4. The van der Waals surface area contributed by atoms with Gasteiger partial charge >= 0.3 is 0 Å². The highest BCUT2D eigenvalue weighted by molar-refractivity contribution is 5.20. The molecule has 3 heteroatoms. The van der Waals surface area contributed by atoms with Crippen LogP contribution >= 0.6 is 0 Å². The maximum atomic E-state index is 5.93. The number of rotatable bonds is 2. The van der Waals surface area contributed by atoms with Crippen LogP contribution in [0.5, 0.6) is 0 Å². The van der Waals surface area contributed by atoms with E-state index in [2.05, 4.69) is 31.2 Å². The van der Waals surface area contributed by atoms with Crippen LogP contribution < -0.4 is 0 Å². The Hall–Kier alpha value is -0.900. The van der Waals surface area contributed by atoms with Gasteiger partial charge in [-0.2, -0.15) is 0 Å². The second-order valence-electron chi connectivity index (χ2n) is 5.35. The Morgan fingerprint density at radius 3 is 2.50 bits per heavy atom. The largest absolute Gasteiger partial charge is 0.344 e. The summed E-state index contributed by atoms with van der Waals surface area (Å²) >= 11 is 0. The Morgan fingerprint density at radius 1 is 1.17 bits per heavy atom. The smallest absolute Gasteiger partial charge is 0.201 e. The van der Waals surface area contributed by atoms with Crippen molar-refractivity contribution in [3.63, 3.8) is 0 Å². The van der Waals surface area contributed by atoms with Gasteiger partial charge in [-0.3, -0.25) is 0 Å². The molecular weight excluding hydrogens is 228 g/mol. The maximum absolute atomic E-state index is 5.93. The van der Waals surface area contributed by atoms with Gasteiger partial charge in [0.05, 0.1) is 6.61 Å². The molecule has 2 unspecified atom stereocenters. The fourth-order valence-electron chi connectivity index (χ4n) is 2.78. The zero-order valence-electron chi connectivity index (χ0n) is 10.8. The first kappa shape index (κ1) is 12.2. The summed E-state index contributed by atoms with van der Waals surface area (Å²) in [4.78, 5) is 11.2. The highest BCUT2D eigenvalue weighted by Gasteiger charge is 2.43. The first-order valence-electron chi connectivity index (χ1n) is 6.82. The van der Waals surface area contributed by atoms with Crippen LogP contribution in [0.2, 0.25) is 0 Å². The van der Waals surface area contributed by atoms with Gasteiger partial charge in [-0.1, -0.05) is 37.3 Å². The molecule has 1 spiro atoms. The minimum absolute atomic E-state index is 0.0152. The highest BCUT2D eigenvalue weighted by atomic mass is 17.2. The van der Waals surface area contributed by atoms with Crippen LogP contribution in [0.25, 0.3) is 0 Å². The lowest BCUT2D eigenvalue weighted by Crippen LogP contribution is -2.44. The van der Waals surface area contributed by atoms with Crippen molar-refractivity contribution in [2.24, 2.45) is 0 Å². The molecule has 1 aromatic rings. The number of ether oxygens (including phenoxy) is 1. The van der Waals surface area contributed by atoms with Gasteiger partial charge in [0.25, 0.3) is 0 Å². The topological polar surface area (TPSA) is 27.7 Å². The van der Waals surface area contributed by atoms with E-state index >= 15 is 0 Å². The molecule has 0 amide bonds. The van der Waals surface area contributed by atoms with Crippen molar-refractivity contribution >= 4 is 0 Å². The minimum atomic E-state index is -0.438. The number of hydrogen-bond donors (Lipinski definition) is 0. The van der Waals surface area contributed by atoms with Gasteiger partial charge in [0.15, 0.2) is 0 Å². The molecule has 1 heterocycles. The fraction of sp³-hybridized carbons (Fsp3) is 0.600. The molecular formula is C15H20O3. The lowest BCUT2D eigenvalue weighted by Gasteiger charge is -2.37. The summed E-state index contributed by atoms with van der Waals surface area (Å²) < 4.78 is 5.93. The normalized spacial score (nSPS) is 28.4. The van der Waals surface area contributed by atoms with Crippen LogP contribution in [-0.2, 0) is 14.5 Å². The molecule has 1 aliphatic heterocycles. The van der Waals surface area contributed by atoms with E-state index < -0.39 is 5.79 Å². The van der Waals surface area contributed by atoms with Crippen LogP contribution in [0, 0.1) is 0 Å². The van der Waals surface area contributed by atoms with Crippen LogP contribution in [-0.4, -0.2) is 18.5 Å². The van der Waals surface area contributed by atoms with E-state index in [-0.39, 0.29) is 12.0 Å². The van der Waals surface area contributed by atoms with E-state index in [9.17, 15) is 0 Å². The van der Waals surface area contributed by atoms with Gasteiger partial charge in [0, 0.05) is 18.8 Å². The molecule has 2 fully saturated rings.